The third kappa shape index (κ3) is 6.11. The molecule has 9 heteroatoms. The molecule has 0 saturated carbocycles. The van der Waals surface area contributed by atoms with E-state index in [4.69, 9.17) is 16.3 Å². The maximum atomic E-state index is 12.9. The van der Waals surface area contributed by atoms with Crippen LogP contribution in [0.15, 0.2) is 76.5 Å². The van der Waals surface area contributed by atoms with Crippen molar-refractivity contribution in [2.24, 2.45) is 0 Å². The summed E-state index contributed by atoms with van der Waals surface area (Å²) >= 11 is 5.94. The first-order valence-electron chi connectivity index (χ1n) is 10.1. The second-order valence-corrected chi connectivity index (χ2v) is 9.73. The van der Waals surface area contributed by atoms with Crippen LogP contribution in [0.2, 0.25) is 5.02 Å². The lowest BCUT2D eigenvalue weighted by molar-refractivity contribution is 0.0693. The molecule has 0 amide bonds. The van der Waals surface area contributed by atoms with E-state index in [-0.39, 0.29) is 21.1 Å². The number of benzene rings is 3. The van der Waals surface area contributed by atoms with Crippen molar-refractivity contribution < 1.29 is 28.2 Å². The Kier molecular flexibility index (Phi) is 8.10. The van der Waals surface area contributed by atoms with Crippen molar-refractivity contribution in [1.82, 2.24) is 5.32 Å². The number of hydrogen-bond donors (Lipinski definition) is 3. The van der Waals surface area contributed by atoms with Crippen molar-refractivity contribution in [3.63, 3.8) is 0 Å². The first kappa shape index (κ1) is 24.7. The lowest BCUT2D eigenvalue weighted by Gasteiger charge is -2.13. The summed E-state index contributed by atoms with van der Waals surface area (Å²) in [6, 6.07) is 17.2. The first-order valence-corrected chi connectivity index (χ1v) is 12.0. The summed E-state index contributed by atoms with van der Waals surface area (Å²) in [5.41, 5.74) is 1.43. The molecule has 0 saturated heterocycles. The molecule has 0 unspecified atom stereocenters. The van der Waals surface area contributed by atoms with Gasteiger partial charge in [-0.3, -0.25) is 0 Å². The Bertz CT molecular complexity index is 1230. The Labute approximate surface area is 197 Å². The topological polar surface area (TPSA) is 113 Å². The molecule has 0 aliphatic rings. The van der Waals surface area contributed by atoms with Gasteiger partial charge in [0.25, 0.3) is 0 Å². The summed E-state index contributed by atoms with van der Waals surface area (Å²) in [6.45, 7) is 0.945. The van der Waals surface area contributed by atoms with Crippen LogP contribution in [0.1, 0.15) is 27.6 Å². The number of nitrogens with one attached hydrogen (secondary N) is 1. The highest BCUT2D eigenvalue weighted by Crippen LogP contribution is 2.27. The lowest BCUT2D eigenvalue weighted by atomic mass is 10.1. The minimum atomic E-state index is -3.89. The number of aliphatic hydroxyl groups excluding tert-OH is 1. The molecular weight excluding hydrogens is 466 g/mol. The average Bonchev–Trinajstić information content (AvgIpc) is 2.81. The minimum absolute atomic E-state index is 0.0668. The van der Waals surface area contributed by atoms with E-state index in [0.717, 1.165) is 17.2 Å². The van der Waals surface area contributed by atoms with Crippen LogP contribution in [-0.2, 0) is 16.3 Å². The minimum Gasteiger partial charge on any atom is -0.496 e. The Morgan fingerprint density at radius 2 is 1.76 bits per heavy atom. The summed E-state index contributed by atoms with van der Waals surface area (Å²) in [5.74, 6) is -1.18. The van der Waals surface area contributed by atoms with Gasteiger partial charge in [0.05, 0.1) is 23.0 Å². The van der Waals surface area contributed by atoms with Gasteiger partial charge in [0.1, 0.15) is 11.3 Å². The van der Waals surface area contributed by atoms with Crippen molar-refractivity contribution in [2.75, 3.05) is 20.2 Å². The van der Waals surface area contributed by atoms with Gasteiger partial charge < -0.3 is 20.3 Å². The maximum absolute atomic E-state index is 12.9. The van der Waals surface area contributed by atoms with Gasteiger partial charge in [0.2, 0.25) is 9.84 Å². The van der Waals surface area contributed by atoms with Gasteiger partial charge in [-0.15, -0.1) is 0 Å². The van der Waals surface area contributed by atoms with E-state index < -0.39 is 21.9 Å². The molecule has 0 spiro atoms. The predicted molar refractivity (Wildman–Crippen MR) is 125 cm³/mol. The molecule has 174 valence electrons. The Morgan fingerprint density at radius 3 is 2.39 bits per heavy atom. The number of rotatable bonds is 10. The van der Waals surface area contributed by atoms with E-state index in [1.165, 1.54) is 31.4 Å². The van der Waals surface area contributed by atoms with E-state index in [0.29, 0.717) is 24.5 Å². The molecule has 33 heavy (non-hydrogen) atoms. The van der Waals surface area contributed by atoms with Crippen molar-refractivity contribution >= 4 is 27.4 Å². The summed E-state index contributed by atoms with van der Waals surface area (Å²) in [5, 5.41) is 23.3. The van der Waals surface area contributed by atoms with E-state index in [2.05, 4.69) is 5.32 Å². The van der Waals surface area contributed by atoms with Crippen LogP contribution in [0.4, 0.5) is 0 Å². The number of hydrogen-bond acceptors (Lipinski definition) is 6. The van der Waals surface area contributed by atoms with E-state index >= 15 is 0 Å². The fourth-order valence-corrected chi connectivity index (χ4v) is 4.78. The van der Waals surface area contributed by atoms with Crippen molar-refractivity contribution in [3.05, 3.63) is 88.4 Å². The molecule has 1 atom stereocenters. The van der Waals surface area contributed by atoms with Gasteiger partial charge in [-0.05, 0) is 66.6 Å². The number of ether oxygens (including phenoxy) is 1. The fourth-order valence-electron chi connectivity index (χ4n) is 3.30. The number of sulfone groups is 1. The zero-order valence-corrected chi connectivity index (χ0v) is 19.4. The number of aliphatic hydroxyl groups is 1. The van der Waals surface area contributed by atoms with Crippen LogP contribution in [0, 0.1) is 0 Å². The maximum Gasteiger partial charge on any atom is 0.339 e. The fraction of sp³-hybridized carbons (Fsp3) is 0.208. The number of carboxylic acids is 1. The summed E-state index contributed by atoms with van der Waals surface area (Å²) < 4.78 is 30.8. The van der Waals surface area contributed by atoms with Crippen LogP contribution < -0.4 is 10.1 Å². The van der Waals surface area contributed by atoms with Crippen LogP contribution in [0.25, 0.3) is 0 Å². The molecule has 3 aromatic carbocycles. The van der Waals surface area contributed by atoms with E-state index in [1.807, 2.05) is 0 Å². The second-order valence-electron chi connectivity index (χ2n) is 7.34. The summed E-state index contributed by atoms with van der Waals surface area (Å²) in [7, 11) is -2.56. The number of methoxy groups -OCH3 is 1. The van der Waals surface area contributed by atoms with Gasteiger partial charge in [0.15, 0.2) is 0 Å². The van der Waals surface area contributed by atoms with Gasteiger partial charge in [-0.2, -0.15) is 0 Å². The molecule has 0 aromatic heterocycles. The third-order valence-corrected chi connectivity index (χ3v) is 7.11. The molecule has 0 bridgehead atoms. The molecular formula is C24H24ClNO6S. The molecule has 3 aromatic rings. The first-order chi connectivity index (χ1) is 15.7. The molecule has 0 aliphatic carbocycles. The normalized spacial score (nSPS) is 12.3. The van der Waals surface area contributed by atoms with Gasteiger partial charge in [0, 0.05) is 11.6 Å². The van der Waals surface area contributed by atoms with Crippen LogP contribution in [0.3, 0.4) is 0 Å². The van der Waals surface area contributed by atoms with E-state index in [1.54, 1.807) is 36.4 Å². The molecule has 0 fully saturated rings. The third-order valence-electron chi connectivity index (χ3n) is 5.11. The molecule has 7 nitrogen and oxygen atoms in total. The standard InChI is InChI=1S/C24H24ClNO6S/c1-32-23-10-9-20(14-21(23)24(28)29)33(30,31)19-7-5-16(6-8-19)11-12-26-15-22(27)17-3-2-4-18(25)13-17/h2-10,13-14,22,26-27H,11-12,15H2,1H3,(H,28,29)/t22-/m1/s1. The van der Waals surface area contributed by atoms with Gasteiger partial charge in [-0.25, -0.2) is 13.2 Å². The Balaban J connectivity index is 1.61. The highest BCUT2D eigenvalue weighted by atomic mass is 35.5. The number of carboxylic acid groups (broad SMARTS) is 1. The number of aromatic carboxylic acids is 1. The Morgan fingerprint density at radius 1 is 1.06 bits per heavy atom. The molecule has 0 heterocycles. The zero-order chi connectivity index (χ0) is 24.0. The summed E-state index contributed by atoms with van der Waals surface area (Å²) in [6.07, 6.45) is -0.0507. The van der Waals surface area contributed by atoms with Crippen LogP contribution >= 0.6 is 11.6 Å². The monoisotopic (exact) mass is 489 g/mol. The summed E-state index contributed by atoms with van der Waals surface area (Å²) in [4.78, 5) is 11.3. The van der Waals surface area contributed by atoms with Crippen LogP contribution in [-0.4, -0.2) is 44.8 Å². The molecule has 0 radical (unpaired) electrons. The number of carbonyl (C=O) groups is 1. The molecule has 0 aliphatic heterocycles. The average molecular weight is 490 g/mol. The van der Waals surface area contributed by atoms with Crippen LogP contribution in [0.5, 0.6) is 5.75 Å². The van der Waals surface area contributed by atoms with Gasteiger partial charge in [-0.1, -0.05) is 35.9 Å². The lowest BCUT2D eigenvalue weighted by Crippen LogP contribution is -2.23. The highest BCUT2D eigenvalue weighted by Gasteiger charge is 2.21. The quantitative estimate of drug-likeness (QED) is 0.372. The molecule has 3 N–H and O–H groups in total. The SMILES string of the molecule is COc1ccc(S(=O)(=O)c2ccc(CCNC[C@@H](O)c3cccc(Cl)c3)cc2)cc1C(=O)O. The molecule has 3 rings (SSSR count). The second kappa shape index (κ2) is 10.8. The van der Waals surface area contributed by atoms with Gasteiger partial charge >= 0.3 is 5.97 Å². The number of halogens is 1. The largest absolute Gasteiger partial charge is 0.496 e. The highest BCUT2D eigenvalue weighted by molar-refractivity contribution is 7.91. The van der Waals surface area contributed by atoms with Crippen molar-refractivity contribution in [3.8, 4) is 5.75 Å². The van der Waals surface area contributed by atoms with E-state index in [9.17, 15) is 23.4 Å². The Hall–Kier alpha value is -2.91. The smallest absolute Gasteiger partial charge is 0.339 e. The zero-order valence-electron chi connectivity index (χ0n) is 17.9. The predicted octanol–water partition coefficient (Wildman–Crippen LogP) is 3.75. The van der Waals surface area contributed by atoms with Crippen molar-refractivity contribution in [1.29, 1.82) is 0 Å². The van der Waals surface area contributed by atoms with Crippen molar-refractivity contribution in [2.45, 2.75) is 22.3 Å².